The van der Waals surface area contributed by atoms with Crippen LogP contribution in [0.4, 0.5) is 0 Å². The van der Waals surface area contributed by atoms with Crippen molar-refractivity contribution in [3.05, 3.63) is 68.9 Å². The molecule has 1 saturated heterocycles. The summed E-state index contributed by atoms with van der Waals surface area (Å²) in [5.74, 6) is 0.112. The van der Waals surface area contributed by atoms with Gasteiger partial charge in [0, 0.05) is 5.56 Å². The maximum Gasteiger partial charge on any atom is 0.199 e. The van der Waals surface area contributed by atoms with Crippen molar-refractivity contribution in [1.82, 2.24) is 0 Å². The van der Waals surface area contributed by atoms with E-state index in [0.717, 1.165) is 0 Å². The van der Waals surface area contributed by atoms with Crippen LogP contribution in [-0.2, 0) is 24.6 Å². The van der Waals surface area contributed by atoms with Crippen molar-refractivity contribution in [3.8, 4) is 11.3 Å². The molecule has 0 amide bonds. The molecule has 10 heteroatoms. The molecule has 1 aromatic heterocycles. The molecule has 5 atom stereocenters. The van der Waals surface area contributed by atoms with Crippen molar-refractivity contribution in [1.29, 1.82) is 0 Å². The molecule has 10 nitrogen and oxygen atoms in total. The highest BCUT2D eigenvalue weighted by Gasteiger charge is 2.45. The van der Waals surface area contributed by atoms with E-state index in [1.165, 1.54) is 6.07 Å². The van der Waals surface area contributed by atoms with Gasteiger partial charge in [-0.2, -0.15) is 0 Å². The standard InChI is InChI=1S/C24H26O10/c25-7-13-12(24-22(32)21(31)20(30)17(10-28)34-24)6-16-18(14(13)8-26)19(29)15(9-27)23(33-16)11-4-2-1-3-5-11/h1-6,17,20-22,24-28,30-32H,7-10H2/t17-,20-,21+,22-,24?/m1/s1. The third kappa shape index (κ3) is 3.94. The van der Waals surface area contributed by atoms with Crippen LogP contribution in [0.15, 0.2) is 45.6 Å². The Kier molecular flexibility index (Phi) is 7.12. The molecule has 3 aromatic rings. The lowest BCUT2D eigenvalue weighted by atomic mass is 9.86. The molecule has 7 N–H and O–H groups in total. The van der Waals surface area contributed by atoms with E-state index in [4.69, 9.17) is 9.15 Å². The Morgan fingerprint density at radius 2 is 1.44 bits per heavy atom. The number of ether oxygens (including phenoxy) is 1. The number of benzene rings is 2. The summed E-state index contributed by atoms with van der Waals surface area (Å²) in [4.78, 5) is 13.3. The summed E-state index contributed by atoms with van der Waals surface area (Å²) < 4.78 is 11.6. The molecule has 0 aliphatic carbocycles. The fraction of sp³-hybridized carbons (Fsp3) is 0.375. The van der Waals surface area contributed by atoms with Gasteiger partial charge in [0.05, 0.1) is 37.4 Å². The lowest BCUT2D eigenvalue weighted by molar-refractivity contribution is -0.232. The first-order valence-corrected chi connectivity index (χ1v) is 10.7. The van der Waals surface area contributed by atoms with Gasteiger partial charge in [0.15, 0.2) is 5.43 Å². The quantitative estimate of drug-likeness (QED) is 0.245. The Labute approximate surface area is 193 Å². The summed E-state index contributed by atoms with van der Waals surface area (Å²) in [6, 6.07) is 9.97. The summed E-state index contributed by atoms with van der Waals surface area (Å²) in [6.07, 6.45) is -7.42. The summed E-state index contributed by atoms with van der Waals surface area (Å²) in [5, 5.41) is 70.6. The zero-order valence-electron chi connectivity index (χ0n) is 18.0. The third-order valence-corrected chi connectivity index (χ3v) is 6.24. The van der Waals surface area contributed by atoms with Crippen LogP contribution in [0.25, 0.3) is 22.3 Å². The van der Waals surface area contributed by atoms with Gasteiger partial charge in [-0.1, -0.05) is 30.3 Å². The molecule has 2 aromatic carbocycles. The largest absolute Gasteiger partial charge is 0.455 e. The normalized spacial score (nSPS) is 25.1. The molecule has 1 unspecified atom stereocenters. The first kappa shape index (κ1) is 24.5. The van der Waals surface area contributed by atoms with Crippen molar-refractivity contribution in [3.63, 3.8) is 0 Å². The van der Waals surface area contributed by atoms with E-state index < -0.39 is 62.4 Å². The predicted octanol–water partition coefficient (Wildman–Crippen LogP) is -0.548. The van der Waals surface area contributed by atoms with Gasteiger partial charge in [0.2, 0.25) is 0 Å². The summed E-state index contributed by atoms with van der Waals surface area (Å²) in [5.41, 5.74) is 0.0680. The summed E-state index contributed by atoms with van der Waals surface area (Å²) >= 11 is 0. The van der Waals surface area contributed by atoms with Gasteiger partial charge >= 0.3 is 0 Å². The van der Waals surface area contributed by atoms with Crippen molar-refractivity contribution in [2.45, 2.75) is 50.3 Å². The molecule has 0 spiro atoms. The van der Waals surface area contributed by atoms with Gasteiger partial charge in [0.1, 0.15) is 41.9 Å². The Hall–Kier alpha value is -2.67. The first-order valence-electron chi connectivity index (χ1n) is 10.7. The number of aliphatic hydroxyl groups is 7. The minimum Gasteiger partial charge on any atom is -0.455 e. The molecule has 1 fully saturated rings. The summed E-state index contributed by atoms with van der Waals surface area (Å²) in [6.45, 7) is -2.62. The van der Waals surface area contributed by atoms with Crippen LogP contribution in [0, 0.1) is 0 Å². The number of aliphatic hydroxyl groups excluding tert-OH is 7. The lowest BCUT2D eigenvalue weighted by Gasteiger charge is -2.41. The molecule has 4 rings (SSSR count). The van der Waals surface area contributed by atoms with Crippen LogP contribution in [-0.4, -0.2) is 66.8 Å². The van der Waals surface area contributed by atoms with Crippen LogP contribution in [0.5, 0.6) is 0 Å². The summed E-state index contributed by atoms with van der Waals surface area (Å²) in [7, 11) is 0. The fourth-order valence-corrected chi connectivity index (χ4v) is 4.47. The smallest absolute Gasteiger partial charge is 0.199 e. The van der Waals surface area contributed by atoms with Crippen LogP contribution < -0.4 is 5.43 Å². The molecule has 182 valence electrons. The predicted molar refractivity (Wildman–Crippen MR) is 118 cm³/mol. The van der Waals surface area contributed by atoms with E-state index in [1.54, 1.807) is 30.3 Å². The van der Waals surface area contributed by atoms with Gasteiger partial charge in [-0.15, -0.1) is 0 Å². The number of hydrogen-bond donors (Lipinski definition) is 7. The third-order valence-electron chi connectivity index (χ3n) is 6.24. The molecule has 2 heterocycles. The van der Waals surface area contributed by atoms with Crippen LogP contribution in [0.1, 0.15) is 28.4 Å². The Morgan fingerprint density at radius 3 is 2.03 bits per heavy atom. The van der Waals surface area contributed by atoms with Gasteiger partial charge in [-0.25, -0.2) is 0 Å². The first-order chi connectivity index (χ1) is 16.4. The van der Waals surface area contributed by atoms with Crippen molar-refractivity contribution < 1.29 is 44.9 Å². The number of hydrogen-bond acceptors (Lipinski definition) is 10. The zero-order chi connectivity index (χ0) is 24.6. The average Bonchev–Trinajstić information content (AvgIpc) is 2.86. The van der Waals surface area contributed by atoms with E-state index in [0.29, 0.717) is 5.56 Å². The highest BCUT2D eigenvalue weighted by atomic mass is 16.5. The zero-order valence-corrected chi connectivity index (χ0v) is 18.0. The molecule has 0 radical (unpaired) electrons. The van der Waals surface area contributed by atoms with Crippen molar-refractivity contribution >= 4 is 11.0 Å². The molecule has 0 bridgehead atoms. The van der Waals surface area contributed by atoms with Gasteiger partial charge < -0.3 is 44.9 Å². The lowest BCUT2D eigenvalue weighted by Crippen LogP contribution is -2.55. The minimum atomic E-state index is -1.67. The van der Waals surface area contributed by atoms with E-state index in [9.17, 15) is 40.5 Å². The van der Waals surface area contributed by atoms with Gasteiger partial charge in [-0.05, 0) is 22.8 Å². The molecule has 1 aliphatic rings. The number of fused-ring (bicyclic) bond motifs is 1. The van der Waals surface area contributed by atoms with Crippen molar-refractivity contribution in [2.24, 2.45) is 0 Å². The van der Waals surface area contributed by atoms with Gasteiger partial charge in [0.25, 0.3) is 0 Å². The van der Waals surface area contributed by atoms with E-state index in [2.05, 4.69) is 0 Å². The van der Waals surface area contributed by atoms with Crippen LogP contribution >= 0.6 is 0 Å². The average molecular weight is 474 g/mol. The highest BCUT2D eigenvalue weighted by molar-refractivity contribution is 5.86. The monoisotopic (exact) mass is 474 g/mol. The fourth-order valence-electron chi connectivity index (χ4n) is 4.47. The van der Waals surface area contributed by atoms with Crippen LogP contribution in [0.2, 0.25) is 0 Å². The van der Waals surface area contributed by atoms with E-state index in [1.807, 2.05) is 0 Å². The number of rotatable bonds is 6. The Balaban J connectivity index is 2.01. The van der Waals surface area contributed by atoms with Crippen LogP contribution in [0.3, 0.4) is 0 Å². The second kappa shape index (κ2) is 9.90. The van der Waals surface area contributed by atoms with Crippen molar-refractivity contribution in [2.75, 3.05) is 6.61 Å². The molecule has 0 saturated carbocycles. The molecular weight excluding hydrogens is 448 g/mol. The van der Waals surface area contributed by atoms with Gasteiger partial charge in [-0.3, -0.25) is 4.79 Å². The second-order valence-corrected chi connectivity index (χ2v) is 8.12. The minimum absolute atomic E-state index is 0.00531. The molecular formula is C24H26O10. The molecule has 34 heavy (non-hydrogen) atoms. The maximum atomic E-state index is 13.3. The Morgan fingerprint density at radius 1 is 0.794 bits per heavy atom. The SMILES string of the molecule is O=c1c(CO)c(-c2ccccc2)oc2cc(C3O[C@H](CO)[C@@H](O)[C@H](O)[C@H]3O)c(CO)c(CO)c12. The van der Waals surface area contributed by atoms with E-state index >= 15 is 0 Å². The second-order valence-electron chi connectivity index (χ2n) is 8.12. The topological polar surface area (TPSA) is 181 Å². The molecule has 1 aliphatic heterocycles. The van der Waals surface area contributed by atoms with E-state index in [-0.39, 0.29) is 39.0 Å². The Bertz CT molecular complexity index is 1220. The maximum absolute atomic E-state index is 13.3. The highest BCUT2D eigenvalue weighted by Crippen LogP contribution is 2.38.